The van der Waals surface area contributed by atoms with Crippen molar-refractivity contribution in [2.75, 3.05) is 18.0 Å². The number of halogens is 1. The summed E-state index contributed by atoms with van der Waals surface area (Å²) in [6.45, 7) is 7.69. The molecule has 1 heterocycles. The summed E-state index contributed by atoms with van der Waals surface area (Å²) in [7, 11) is 0. The molecule has 0 aliphatic carbocycles. The first-order chi connectivity index (χ1) is 9.03. The third-order valence-electron chi connectivity index (χ3n) is 4.62. The predicted octanol–water partition coefficient (Wildman–Crippen LogP) is 4.04. The van der Waals surface area contributed by atoms with E-state index < -0.39 is 5.82 Å². The lowest BCUT2D eigenvalue weighted by Gasteiger charge is -2.28. The zero-order valence-corrected chi connectivity index (χ0v) is 12.0. The van der Waals surface area contributed by atoms with Crippen molar-refractivity contribution in [3.05, 3.63) is 29.6 Å². The molecule has 0 aromatic heterocycles. The fraction of sp³-hybridized carbons (Fsp3) is 0.562. The number of carbonyl (C=O) groups excluding carboxylic acids is 1. The van der Waals surface area contributed by atoms with Gasteiger partial charge in [0.15, 0.2) is 5.78 Å². The standard InChI is InChI=1S/C16H22FNO/c1-4-16(5-2)9-10-18(11-16)14-8-6-7-13(17)15(14)12(3)19/h6-8H,4-5,9-11H2,1-3H3. The zero-order chi connectivity index (χ0) is 14.0. The topological polar surface area (TPSA) is 20.3 Å². The minimum Gasteiger partial charge on any atom is -0.370 e. The number of benzene rings is 1. The molecule has 0 amide bonds. The largest absolute Gasteiger partial charge is 0.370 e. The van der Waals surface area contributed by atoms with E-state index in [1.165, 1.54) is 13.0 Å². The first kappa shape index (κ1) is 14.0. The summed E-state index contributed by atoms with van der Waals surface area (Å²) < 4.78 is 13.9. The third-order valence-corrected chi connectivity index (χ3v) is 4.62. The van der Waals surface area contributed by atoms with Gasteiger partial charge in [-0.1, -0.05) is 19.9 Å². The Morgan fingerprint density at radius 2 is 2.05 bits per heavy atom. The van der Waals surface area contributed by atoms with E-state index in [1.54, 1.807) is 6.07 Å². The summed E-state index contributed by atoms with van der Waals surface area (Å²) in [6.07, 6.45) is 3.38. The highest BCUT2D eigenvalue weighted by atomic mass is 19.1. The molecule has 0 unspecified atom stereocenters. The Morgan fingerprint density at radius 3 is 2.58 bits per heavy atom. The fourth-order valence-electron chi connectivity index (χ4n) is 3.09. The number of rotatable bonds is 4. The van der Waals surface area contributed by atoms with Gasteiger partial charge in [0.1, 0.15) is 5.82 Å². The molecule has 0 spiro atoms. The molecule has 1 aliphatic rings. The number of carbonyl (C=O) groups is 1. The molecule has 2 nitrogen and oxygen atoms in total. The highest BCUT2D eigenvalue weighted by Crippen LogP contribution is 2.40. The van der Waals surface area contributed by atoms with E-state index in [9.17, 15) is 9.18 Å². The molecule has 1 saturated heterocycles. The second-order valence-corrected chi connectivity index (χ2v) is 5.57. The van der Waals surface area contributed by atoms with Crippen molar-refractivity contribution in [3.63, 3.8) is 0 Å². The van der Waals surface area contributed by atoms with Crippen molar-refractivity contribution in [2.45, 2.75) is 40.0 Å². The molecule has 0 bridgehead atoms. The molecule has 3 heteroatoms. The summed E-state index contributed by atoms with van der Waals surface area (Å²) in [5.74, 6) is -0.603. The third kappa shape index (κ3) is 2.51. The van der Waals surface area contributed by atoms with Gasteiger partial charge in [0.25, 0.3) is 0 Å². The predicted molar refractivity (Wildman–Crippen MR) is 76.2 cm³/mol. The number of hydrogen-bond donors (Lipinski definition) is 0. The molecule has 1 aliphatic heterocycles. The molecule has 1 aromatic rings. The van der Waals surface area contributed by atoms with E-state index in [4.69, 9.17) is 0 Å². The molecular weight excluding hydrogens is 241 g/mol. The van der Waals surface area contributed by atoms with Crippen LogP contribution in [0.25, 0.3) is 0 Å². The maximum absolute atomic E-state index is 13.9. The van der Waals surface area contributed by atoms with Crippen molar-refractivity contribution in [2.24, 2.45) is 5.41 Å². The van der Waals surface area contributed by atoms with E-state index in [2.05, 4.69) is 18.7 Å². The van der Waals surface area contributed by atoms with Crippen molar-refractivity contribution < 1.29 is 9.18 Å². The summed E-state index contributed by atoms with van der Waals surface area (Å²) >= 11 is 0. The van der Waals surface area contributed by atoms with E-state index in [0.29, 0.717) is 5.41 Å². The number of ketones is 1. The van der Waals surface area contributed by atoms with Gasteiger partial charge in [-0.2, -0.15) is 0 Å². The van der Waals surface area contributed by atoms with Gasteiger partial charge < -0.3 is 4.90 Å². The Hall–Kier alpha value is -1.38. The van der Waals surface area contributed by atoms with Gasteiger partial charge in [0.05, 0.1) is 11.3 Å². The minimum absolute atomic E-state index is 0.196. The zero-order valence-electron chi connectivity index (χ0n) is 12.0. The van der Waals surface area contributed by atoms with Gasteiger partial charge in [0.2, 0.25) is 0 Å². The van der Waals surface area contributed by atoms with Crippen molar-refractivity contribution >= 4 is 11.5 Å². The van der Waals surface area contributed by atoms with Crippen molar-refractivity contribution in [3.8, 4) is 0 Å². The summed E-state index contributed by atoms with van der Waals surface area (Å²) in [5.41, 5.74) is 1.32. The Balaban J connectivity index is 2.34. The van der Waals surface area contributed by atoms with Gasteiger partial charge in [-0.15, -0.1) is 0 Å². The number of Topliss-reactive ketones (excluding diaryl/α,β-unsaturated/α-hetero) is 1. The molecule has 1 fully saturated rings. The van der Waals surface area contributed by atoms with Crippen LogP contribution in [0.2, 0.25) is 0 Å². The van der Waals surface area contributed by atoms with Gasteiger partial charge in [-0.25, -0.2) is 4.39 Å². The molecule has 2 rings (SSSR count). The maximum atomic E-state index is 13.9. The summed E-state index contributed by atoms with van der Waals surface area (Å²) in [5, 5.41) is 0. The van der Waals surface area contributed by atoms with Gasteiger partial charge in [0, 0.05) is 13.1 Å². The van der Waals surface area contributed by atoms with E-state index in [0.717, 1.165) is 38.0 Å². The van der Waals surface area contributed by atoms with Gasteiger partial charge >= 0.3 is 0 Å². The molecule has 0 atom stereocenters. The molecule has 1 aromatic carbocycles. The lowest BCUT2D eigenvalue weighted by molar-refractivity contribution is 0.101. The van der Waals surface area contributed by atoms with Crippen LogP contribution in [0.5, 0.6) is 0 Å². The first-order valence-corrected chi connectivity index (χ1v) is 7.07. The highest BCUT2D eigenvalue weighted by Gasteiger charge is 2.36. The van der Waals surface area contributed by atoms with Crippen LogP contribution in [0.4, 0.5) is 10.1 Å². The minimum atomic E-state index is -0.407. The summed E-state index contributed by atoms with van der Waals surface area (Å²) in [4.78, 5) is 13.9. The molecule has 104 valence electrons. The fourth-order valence-corrected chi connectivity index (χ4v) is 3.09. The SMILES string of the molecule is CCC1(CC)CCN(c2cccc(F)c2C(C)=O)C1. The summed E-state index contributed by atoms with van der Waals surface area (Å²) in [6, 6.07) is 4.92. The quantitative estimate of drug-likeness (QED) is 0.764. The molecule has 0 N–H and O–H groups in total. The Labute approximate surface area is 114 Å². The van der Waals surface area contributed by atoms with Crippen LogP contribution in [0.3, 0.4) is 0 Å². The highest BCUT2D eigenvalue weighted by molar-refractivity contribution is 6.00. The van der Waals surface area contributed by atoms with Crippen LogP contribution < -0.4 is 4.90 Å². The molecule has 0 radical (unpaired) electrons. The average Bonchev–Trinajstić information content (AvgIpc) is 2.83. The molecular formula is C16H22FNO. The first-order valence-electron chi connectivity index (χ1n) is 7.07. The smallest absolute Gasteiger partial charge is 0.164 e. The monoisotopic (exact) mass is 263 g/mol. The van der Waals surface area contributed by atoms with Gasteiger partial charge in [-0.3, -0.25) is 4.79 Å². The second-order valence-electron chi connectivity index (χ2n) is 5.57. The maximum Gasteiger partial charge on any atom is 0.164 e. The number of hydrogen-bond acceptors (Lipinski definition) is 2. The van der Waals surface area contributed by atoms with E-state index in [-0.39, 0.29) is 11.3 Å². The lowest BCUT2D eigenvalue weighted by atomic mass is 9.82. The van der Waals surface area contributed by atoms with E-state index in [1.807, 2.05) is 6.07 Å². The van der Waals surface area contributed by atoms with Crippen molar-refractivity contribution in [1.29, 1.82) is 0 Å². The van der Waals surface area contributed by atoms with E-state index >= 15 is 0 Å². The Morgan fingerprint density at radius 1 is 1.37 bits per heavy atom. The van der Waals surface area contributed by atoms with Crippen LogP contribution in [-0.2, 0) is 0 Å². The van der Waals surface area contributed by atoms with Crippen LogP contribution in [0.15, 0.2) is 18.2 Å². The second kappa shape index (κ2) is 5.32. The Bertz CT molecular complexity index is 480. The van der Waals surface area contributed by atoms with Crippen molar-refractivity contribution in [1.82, 2.24) is 0 Å². The molecule has 19 heavy (non-hydrogen) atoms. The van der Waals surface area contributed by atoms with Crippen LogP contribution in [-0.4, -0.2) is 18.9 Å². The van der Waals surface area contributed by atoms with Crippen LogP contribution >= 0.6 is 0 Å². The van der Waals surface area contributed by atoms with Crippen LogP contribution in [0.1, 0.15) is 50.4 Å². The lowest BCUT2D eigenvalue weighted by Crippen LogP contribution is -2.27. The van der Waals surface area contributed by atoms with Crippen LogP contribution in [0, 0.1) is 11.2 Å². The Kier molecular flexibility index (Phi) is 3.93. The normalized spacial score (nSPS) is 17.8. The number of anilines is 1. The number of nitrogens with zero attached hydrogens (tertiary/aromatic N) is 1. The molecule has 0 saturated carbocycles. The average molecular weight is 263 g/mol. The van der Waals surface area contributed by atoms with Gasteiger partial charge in [-0.05, 0) is 43.7 Å².